The number of anilines is 1. The van der Waals surface area contributed by atoms with Gasteiger partial charge in [0.1, 0.15) is 5.52 Å². The highest BCUT2D eigenvalue weighted by Gasteiger charge is 2.59. The van der Waals surface area contributed by atoms with Crippen LogP contribution in [0.25, 0.3) is 11.1 Å². The molecule has 4 heteroatoms. The molecule has 2 aliphatic rings. The number of oxazole rings is 1. The fraction of sp³-hybridized carbons (Fsp3) is 0.529. The smallest absolute Gasteiger partial charge is 0.316 e. The maximum atomic E-state index is 5.66. The lowest BCUT2D eigenvalue weighted by molar-refractivity contribution is 0.194. The van der Waals surface area contributed by atoms with E-state index in [0.29, 0.717) is 11.4 Å². The molecule has 4 nitrogen and oxygen atoms in total. The van der Waals surface area contributed by atoms with Gasteiger partial charge in [0.15, 0.2) is 5.58 Å². The van der Waals surface area contributed by atoms with E-state index in [4.69, 9.17) is 4.42 Å². The van der Waals surface area contributed by atoms with Crippen molar-refractivity contribution in [3.8, 4) is 0 Å². The van der Waals surface area contributed by atoms with Gasteiger partial charge < -0.3 is 4.42 Å². The van der Waals surface area contributed by atoms with Crippen molar-refractivity contribution in [2.75, 3.05) is 5.43 Å². The third kappa shape index (κ3) is 1.68. The highest BCUT2D eigenvalue weighted by molar-refractivity contribution is 5.94. The van der Waals surface area contributed by atoms with Crippen LogP contribution in [-0.4, -0.2) is 10.7 Å². The van der Waals surface area contributed by atoms with Crippen LogP contribution in [0.4, 0.5) is 6.01 Å². The Hall–Kier alpha value is -1.84. The molecule has 2 fully saturated rings. The van der Waals surface area contributed by atoms with Crippen LogP contribution < -0.4 is 5.43 Å². The van der Waals surface area contributed by atoms with Crippen molar-refractivity contribution in [2.24, 2.45) is 21.8 Å². The fourth-order valence-corrected chi connectivity index (χ4v) is 4.13. The molecule has 110 valence electrons. The van der Waals surface area contributed by atoms with Gasteiger partial charge in [0.05, 0.1) is 0 Å². The third-order valence-corrected chi connectivity index (χ3v) is 6.09. The van der Waals surface area contributed by atoms with Crippen LogP contribution in [-0.2, 0) is 0 Å². The number of aromatic nitrogens is 1. The van der Waals surface area contributed by atoms with Gasteiger partial charge in [-0.05, 0) is 42.7 Å². The van der Waals surface area contributed by atoms with Gasteiger partial charge in [0.2, 0.25) is 0 Å². The van der Waals surface area contributed by atoms with Crippen molar-refractivity contribution >= 4 is 22.8 Å². The zero-order valence-electron chi connectivity index (χ0n) is 12.8. The van der Waals surface area contributed by atoms with Crippen molar-refractivity contribution in [3.63, 3.8) is 0 Å². The van der Waals surface area contributed by atoms with Gasteiger partial charge in [-0.1, -0.05) is 32.9 Å². The fourth-order valence-electron chi connectivity index (χ4n) is 4.13. The summed E-state index contributed by atoms with van der Waals surface area (Å²) in [6.07, 6.45) is 3.65. The highest BCUT2D eigenvalue weighted by atomic mass is 16.4. The molecule has 2 aliphatic carbocycles. The molecule has 1 aromatic heterocycles. The molecular weight excluding hydrogens is 262 g/mol. The van der Waals surface area contributed by atoms with E-state index in [-0.39, 0.29) is 5.41 Å². The molecule has 2 aromatic rings. The lowest BCUT2D eigenvalue weighted by atomic mass is 9.70. The molecule has 0 radical (unpaired) electrons. The molecular formula is C17H21N3O. The van der Waals surface area contributed by atoms with E-state index in [0.717, 1.165) is 23.4 Å². The SMILES string of the molecule is CC1(C)[C@@H]2CC[C@]1(C)/C(=N/Nc1nc3ccccc3o1)C2. The summed E-state index contributed by atoms with van der Waals surface area (Å²) < 4.78 is 5.66. The van der Waals surface area contributed by atoms with Crippen LogP contribution in [0.3, 0.4) is 0 Å². The van der Waals surface area contributed by atoms with E-state index in [9.17, 15) is 0 Å². The number of para-hydroxylation sites is 2. The second-order valence-corrected chi connectivity index (χ2v) is 7.15. The quantitative estimate of drug-likeness (QED) is 0.829. The van der Waals surface area contributed by atoms with Crippen molar-refractivity contribution in [3.05, 3.63) is 24.3 Å². The Morgan fingerprint density at radius 1 is 1.29 bits per heavy atom. The van der Waals surface area contributed by atoms with E-state index in [1.54, 1.807) is 0 Å². The second-order valence-electron chi connectivity index (χ2n) is 7.15. The largest absolute Gasteiger partial charge is 0.422 e. The first kappa shape index (κ1) is 12.9. The minimum atomic E-state index is 0.205. The first-order valence-corrected chi connectivity index (χ1v) is 7.69. The lowest BCUT2D eigenvalue weighted by Gasteiger charge is -2.34. The number of nitrogens with zero attached hydrogens (tertiary/aromatic N) is 2. The van der Waals surface area contributed by atoms with Crippen LogP contribution in [0, 0.1) is 16.7 Å². The molecule has 0 unspecified atom stereocenters. The summed E-state index contributed by atoms with van der Waals surface area (Å²) in [7, 11) is 0. The first-order valence-electron chi connectivity index (χ1n) is 7.69. The number of rotatable bonds is 2. The van der Waals surface area contributed by atoms with Crippen LogP contribution in [0.2, 0.25) is 0 Å². The van der Waals surface area contributed by atoms with E-state index in [2.05, 4.69) is 36.3 Å². The molecule has 4 rings (SSSR count). The van der Waals surface area contributed by atoms with Gasteiger partial charge in [-0.2, -0.15) is 10.1 Å². The molecule has 1 N–H and O–H groups in total. The standard InChI is InChI=1S/C17H21N3O/c1-16(2)11-8-9-17(16,3)14(10-11)19-20-15-18-12-6-4-5-7-13(12)21-15/h4-7,11H,8-10H2,1-3H3,(H,18,20)/b19-14+/t11-,17-/m1/s1. The average molecular weight is 283 g/mol. The maximum absolute atomic E-state index is 5.66. The maximum Gasteiger partial charge on any atom is 0.316 e. The Morgan fingerprint density at radius 3 is 2.76 bits per heavy atom. The molecule has 0 spiro atoms. The van der Waals surface area contributed by atoms with E-state index >= 15 is 0 Å². The van der Waals surface area contributed by atoms with Crippen LogP contribution in [0.5, 0.6) is 0 Å². The molecule has 0 amide bonds. The Balaban J connectivity index is 1.62. The number of nitrogens with one attached hydrogen (secondary N) is 1. The van der Waals surface area contributed by atoms with Crippen LogP contribution >= 0.6 is 0 Å². The first-order chi connectivity index (χ1) is 10.0. The van der Waals surface area contributed by atoms with E-state index in [1.165, 1.54) is 18.6 Å². The topological polar surface area (TPSA) is 50.4 Å². The Kier molecular flexibility index (Phi) is 2.51. The molecule has 2 bridgehead atoms. The normalized spacial score (nSPS) is 32.1. The summed E-state index contributed by atoms with van der Waals surface area (Å²) in [5.41, 5.74) is 6.50. The van der Waals surface area contributed by atoms with Gasteiger partial charge in [0, 0.05) is 11.1 Å². The Labute approximate surface area is 124 Å². The van der Waals surface area contributed by atoms with Crippen molar-refractivity contribution in [1.29, 1.82) is 0 Å². The van der Waals surface area contributed by atoms with Crippen molar-refractivity contribution < 1.29 is 4.42 Å². The number of benzene rings is 1. The molecule has 21 heavy (non-hydrogen) atoms. The number of hydrogen-bond acceptors (Lipinski definition) is 4. The monoisotopic (exact) mass is 283 g/mol. The van der Waals surface area contributed by atoms with Gasteiger partial charge >= 0.3 is 6.01 Å². The Morgan fingerprint density at radius 2 is 2.10 bits per heavy atom. The summed E-state index contributed by atoms with van der Waals surface area (Å²) in [5.74, 6) is 0.756. The lowest BCUT2D eigenvalue weighted by Crippen LogP contribution is -2.32. The zero-order chi connectivity index (χ0) is 14.7. The predicted molar refractivity (Wildman–Crippen MR) is 84.3 cm³/mol. The minimum absolute atomic E-state index is 0.205. The van der Waals surface area contributed by atoms with Gasteiger partial charge in [0.25, 0.3) is 0 Å². The molecule has 1 heterocycles. The average Bonchev–Trinajstić information content (AvgIpc) is 3.02. The summed E-state index contributed by atoms with van der Waals surface area (Å²) in [5, 5.41) is 4.65. The molecule has 0 saturated heterocycles. The van der Waals surface area contributed by atoms with Gasteiger partial charge in [-0.25, -0.2) is 5.43 Å². The van der Waals surface area contributed by atoms with Crippen LogP contribution in [0.15, 0.2) is 33.8 Å². The van der Waals surface area contributed by atoms with Gasteiger partial charge in [-0.3, -0.25) is 0 Å². The number of fused-ring (bicyclic) bond motifs is 3. The second kappa shape index (κ2) is 4.09. The zero-order valence-corrected chi connectivity index (χ0v) is 12.8. The van der Waals surface area contributed by atoms with Crippen LogP contribution in [0.1, 0.15) is 40.0 Å². The van der Waals surface area contributed by atoms with E-state index in [1.807, 2.05) is 24.3 Å². The summed E-state index contributed by atoms with van der Waals surface area (Å²) in [4.78, 5) is 4.41. The minimum Gasteiger partial charge on any atom is -0.422 e. The molecule has 2 atom stereocenters. The molecule has 1 aromatic carbocycles. The summed E-state index contributed by atoms with van der Waals surface area (Å²) in [6.45, 7) is 7.12. The Bertz CT molecular complexity index is 697. The predicted octanol–water partition coefficient (Wildman–Crippen LogP) is 4.44. The van der Waals surface area contributed by atoms with Gasteiger partial charge in [-0.15, -0.1) is 0 Å². The van der Waals surface area contributed by atoms with Crippen molar-refractivity contribution in [1.82, 2.24) is 4.98 Å². The summed E-state index contributed by atoms with van der Waals surface area (Å²) in [6, 6.07) is 8.25. The summed E-state index contributed by atoms with van der Waals surface area (Å²) >= 11 is 0. The number of hydrogen-bond donors (Lipinski definition) is 1. The molecule has 0 aliphatic heterocycles. The van der Waals surface area contributed by atoms with E-state index < -0.39 is 0 Å². The van der Waals surface area contributed by atoms with Crippen molar-refractivity contribution in [2.45, 2.75) is 40.0 Å². The third-order valence-electron chi connectivity index (χ3n) is 6.09. The highest BCUT2D eigenvalue weighted by Crippen LogP contribution is 2.63. The number of hydrazone groups is 1. The molecule has 2 saturated carbocycles.